The molecule has 0 aliphatic heterocycles. The minimum absolute atomic E-state index is 0.172. The van der Waals surface area contributed by atoms with Crippen LogP contribution in [0.3, 0.4) is 0 Å². The lowest BCUT2D eigenvalue weighted by atomic mass is 9.87. The van der Waals surface area contributed by atoms with Gasteiger partial charge in [-0.1, -0.05) is 26.8 Å². The summed E-state index contributed by atoms with van der Waals surface area (Å²) < 4.78 is 5.20. The van der Waals surface area contributed by atoms with Gasteiger partial charge in [-0.2, -0.15) is 0 Å². The van der Waals surface area contributed by atoms with Crippen molar-refractivity contribution in [2.75, 3.05) is 7.11 Å². The lowest BCUT2D eigenvalue weighted by Crippen LogP contribution is -2.18. The zero-order valence-corrected chi connectivity index (χ0v) is 9.87. The van der Waals surface area contributed by atoms with Crippen LogP contribution in [0.5, 0.6) is 5.75 Å². The Balaban J connectivity index is 3.19. The molecule has 1 rings (SSSR count). The molecule has 2 heteroatoms. The Morgan fingerprint density at radius 3 is 2.31 bits per heavy atom. The molecule has 0 fully saturated rings. The third-order valence-electron chi connectivity index (χ3n) is 2.07. The molecule has 72 valence electrons. The van der Waals surface area contributed by atoms with E-state index in [2.05, 4.69) is 42.1 Å². The maximum atomic E-state index is 5.20. The van der Waals surface area contributed by atoms with Gasteiger partial charge in [-0.3, -0.25) is 0 Å². The van der Waals surface area contributed by atoms with Crippen LogP contribution in [0.25, 0.3) is 0 Å². The Bertz CT molecular complexity index is 299. The molecule has 0 aliphatic carbocycles. The van der Waals surface area contributed by atoms with Crippen LogP contribution in [-0.4, -0.2) is 7.11 Å². The quantitative estimate of drug-likeness (QED) is 0.627. The van der Waals surface area contributed by atoms with Crippen molar-refractivity contribution in [1.82, 2.24) is 0 Å². The number of hydrogen-bond donors (Lipinski definition) is 0. The maximum absolute atomic E-state index is 5.20. The highest BCUT2D eigenvalue weighted by molar-refractivity contribution is 7.27. The first-order valence-electron chi connectivity index (χ1n) is 4.39. The van der Waals surface area contributed by atoms with E-state index in [9.17, 15) is 0 Å². The minimum Gasteiger partial charge on any atom is -0.497 e. The summed E-state index contributed by atoms with van der Waals surface area (Å²) in [7, 11) is 4.46. The fourth-order valence-corrected chi connectivity index (χ4v) is 1.92. The zero-order valence-electron chi connectivity index (χ0n) is 8.72. The van der Waals surface area contributed by atoms with Gasteiger partial charge in [0, 0.05) is 0 Å². The summed E-state index contributed by atoms with van der Waals surface area (Å²) in [5, 5.41) is 1.24. The van der Waals surface area contributed by atoms with Gasteiger partial charge in [-0.25, -0.2) is 0 Å². The van der Waals surface area contributed by atoms with E-state index >= 15 is 0 Å². The van der Waals surface area contributed by atoms with Gasteiger partial charge in [-0.15, -0.1) is 9.24 Å². The molecule has 1 nitrogen and oxygen atoms in total. The Morgan fingerprint density at radius 2 is 1.85 bits per heavy atom. The fourth-order valence-electron chi connectivity index (χ4n) is 1.31. The van der Waals surface area contributed by atoms with Crippen molar-refractivity contribution in [3.05, 3.63) is 23.8 Å². The molecule has 0 amide bonds. The van der Waals surface area contributed by atoms with Crippen LogP contribution in [0.15, 0.2) is 18.2 Å². The Kier molecular flexibility index (Phi) is 2.98. The molecule has 0 aliphatic rings. The van der Waals surface area contributed by atoms with Crippen LogP contribution in [0.4, 0.5) is 0 Å². The molecule has 1 unspecified atom stereocenters. The molecule has 1 aromatic carbocycles. The second-order valence-corrected chi connectivity index (χ2v) is 4.83. The van der Waals surface area contributed by atoms with Crippen molar-refractivity contribution in [2.24, 2.45) is 0 Å². The molecular weight excluding hydrogens is 179 g/mol. The van der Waals surface area contributed by atoms with Crippen LogP contribution in [-0.2, 0) is 5.41 Å². The first kappa shape index (κ1) is 10.5. The van der Waals surface area contributed by atoms with E-state index in [4.69, 9.17) is 4.74 Å². The first-order valence-corrected chi connectivity index (χ1v) is 4.97. The monoisotopic (exact) mass is 196 g/mol. The second kappa shape index (κ2) is 3.67. The highest BCUT2D eigenvalue weighted by Gasteiger charge is 2.16. The van der Waals surface area contributed by atoms with Crippen LogP contribution in [0.1, 0.15) is 26.3 Å². The van der Waals surface area contributed by atoms with Crippen LogP contribution >= 0.6 is 9.24 Å². The predicted molar refractivity (Wildman–Crippen MR) is 61.0 cm³/mol. The molecule has 0 aromatic heterocycles. The Labute approximate surface area is 82.7 Å². The third-order valence-corrected chi connectivity index (χ3v) is 2.57. The van der Waals surface area contributed by atoms with Crippen molar-refractivity contribution in [3.8, 4) is 5.75 Å². The molecule has 0 saturated heterocycles. The van der Waals surface area contributed by atoms with Gasteiger partial charge in [0.15, 0.2) is 0 Å². The van der Waals surface area contributed by atoms with Crippen molar-refractivity contribution < 1.29 is 4.74 Å². The number of ether oxygens (including phenoxy) is 1. The van der Waals surface area contributed by atoms with Gasteiger partial charge in [-0.05, 0) is 28.4 Å². The van der Waals surface area contributed by atoms with E-state index in [0.29, 0.717) is 0 Å². The van der Waals surface area contributed by atoms with Gasteiger partial charge in [0.05, 0.1) is 7.11 Å². The predicted octanol–water partition coefficient (Wildman–Crippen LogP) is 2.49. The van der Waals surface area contributed by atoms with Gasteiger partial charge in [0.2, 0.25) is 0 Å². The number of methoxy groups -OCH3 is 1. The molecule has 0 heterocycles. The van der Waals surface area contributed by atoms with E-state index in [0.717, 1.165) is 5.75 Å². The smallest absolute Gasteiger partial charge is 0.119 e. The van der Waals surface area contributed by atoms with E-state index < -0.39 is 0 Å². The highest BCUT2D eigenvalue weighted by atomic mass is 31.0. The van der Waals surface area contributed by atoms with Crippen LogP contribution in [0, 0.1) is 0 Å². The van der Waals surface area contributed by atoms with Crippen molar-refractivity contribution in [2.45, 2.75) is 26.2 Å². The van der Waals surface area contributed by atoms with E-state index in [1.54, 1.807) is 7.11 Å². The molecule has 13 heavy (non-hydrogen) atoms. The summed E-state index contributed by atoms with van der Waals surface area (Å²) in [5.41, 5.74) is 1.49. The lowest BCUT2D eigenvalue weighted by molar-refractivity contribution is 0.413. The average Bonchev–Trinajstić information content (AvgIpc) is 2.03. The molecule has 0 radical (unpaired) electrons. The van der Waals surface area contributed by atoms with Crippen molar-refractivity contribution in [3.63, 3.8) is 0 Å². The molecule has 0 N–H and O–H groups in total. The topological polar surface area (TPSA) is 9.23 Å². The molecular formula is C11H17OP. The fraction of sp³-hybridized carbons (Fsp3) is 0.455. The van der Waals surface area contributed by atoms with Gasteiger partial charge < -0.3 is 4.74 Å². The summed E-state index contributed by atoms with van der Waals surface area (Å²) in [6.45, 7) is 6.61. The number of hydrogen-bond acceptors (Lipinski definition) is 1. The summed E-state index contributed by atoms with van der Waals surface area (Å²) >= 11 is 0. The molecule has 1 atom stereocenters. The van der Waals surface area contributed by atoms with Gasteiger partial charge in [0.25, 0.3) is 0 Å². The normalized spacial score (nSPS) is 11.5. The summed E-state index contributed by atoms with van der Waals surface area (Å²) in [6, 6.07) is 6.16. The first-order chi connectivity index (χ1) is 5.95. The van der Waals surface area contributed by atoms with E-state index in [1.807, 2.05) is 6.07 Å². The van der Waals surface area contributed by atoms with Crippen LogP contribution < -0.4 is 10.0 Å². The summed E-state index contributed by atoms with van der Waals surface area (Å²) in [4.78, 5) is 0. The van der Waals surface area contributed by atoms with Gasteiger partial charge in [0.1, 0.15) is 5.75 Å². The zero-order chi connectivity index (χ0) is 10.1. The molecule has 1 aromatic rings. The molecule has 0 spiro atoms. The Hall–Kier alpha value is -0.550. The summed E-state index contributed by atoms with van der Waals surface area (Å²) in [6.07, 6.45) is 0. The standard InChI is InChI=1S/C11H17OP/c1-11(2,3)9-7-8(12-4)5-6-10(9)13/h5-7H,13H2,1-4H3. The van der Waals surface area contributed by atoms with E-state index in [1.165, 1.54) is 10.9 Å². The SMILES string of the molecule is COc1ccc(P)c(C(C)(C)C)c1. The third kappa shape index (κ3) is 2.45. The van der Waals surface area contributed by atoms with Crippen molar-refractivity contribution >= 4 is 14.5 Å². The number of benzene rings is 1. The minimum atomic E-state index is 0.172. The maximum Gasteiger partial charge on any atom is 0.119 e. The molecule has 0 saturated carbocycles. The average molecular weight is 196 g/mol. The van der Waals surface area contributed by atoms with E-state index in [-0.39, 0.29) is 5.41 Å². The number of rotatable bonds is 1. The highest BCUT2D eigenvalue weighted by Crippen LogP contribution is 2.25. The van der Waals surface area contributed by atoms with Crippen LogP contribution in [0.2, 0.25) is 0 Å². The largest absolute Gasteiger partial charge is 0.497 e. The Morgan fingerprint density at radius 1 is 1.23 bits per heavy atom. The summed E-state index contributed by atoms with van der Waals surface area (Å²) in [5.74, 6) is 0.927. The lowest BCUT2D eigenvalue weighted by Gasteiger charge is -2.22. The molecule has 0 bridgehead atoms. The van der Waals surface area contributed by atoms with Gasteiger partial charge >= 0.3 is 0 Å². The van der Waals surface area contributed by atoms with Crippen molar-refractivity contribution in [1.29, 1.82) is 0 Å². The second-order valence-electron chi connectivity index (χ2n) is 4.20.